The Morgan fingerprint density at radius 1 is 1.29 bits per heavy atom. The summed E-state index contributed by atoms with van der Waals surface area (Å²) in [4.78, 5) is 16.4. The zero-order chi connectivity index (χ0) is 16.9. The monoisotopic (exact) mass is 362 g/mol. The quantitative estimate of drug-likeness (QED) is 0.711. The SMILES string of the molecule is O=C(Nc1cccc(Cl)c1F)c1cccc(OCc2cscn2)c1. The van der Waals surface area contributed by atoms with Crippen molar-refractivity contribution in [3.05, 3.63) is 75.5 Å². The first-order valence-electron chi connectivity index (χ1n) is 6.99. The van der Waals surface area contributed by atoms with Gasteiger partial charge < -0.3 is 10.1 Å². The number of anilines is 1. The number of benzene rings is 2. The third-order valence-electron chi connectivity index (χ3n) is 3.17. The topological polar surface area (TPSA) is 51.2 Å². The van der Waals surface area contributed by atoms with E-state index in [1.165, 1.54) is 23.5 Å². The van der Waals surface area contributed by atoms with Gasteiger partial charge in [-0.15, -0.1) is 11.3 Å². The molecule has 0 spiro atoms. The molecule has 1 amide bonds. The van der Waals surface area contributed by atoms with Gasteiger partial charge in [0.2, 0.25) is 0 Å². The van der Waals surface area contributed by atoms with E-state index in [4.69, 9.17) is 16.3 Å². The van der Waals surface area contributed by atoms with Crippen LogP contribution in [-0.4, -0.2) is 10.9 Å². The smallest absolute Gasteiger partial charge is 0.255 e. The molecule has 0 aliphatic carbocycles. The fraction of sp³-hybridized carbons (Fsp3) is 0.0588. The standard InChI is InChI=1S/C17H12ClFN2O2S/c18-14-5-2-6-15(16(14)19)21-17(22)11-3-1-4-13(7-11)23-8-12-9-24-10-20-12/h1-7,9-10H,8H2,(H,21,22). The summed E-state index contributed by atoms with van der Waals surface area (Å²) in [6.07, 6.45) is 0. The Hall–Kier alpha value is -2.44. The highest BCUT2D eigenvalue weighted by atomic mass is 35.5. The third kappa shape index (κ3) is 3.90. The Kier molecular flexibility index (Phi) is 5.08. The fourth-order valence-electron chi connectivity index (χ4n) is 1.99. The van der Waals surface area contributed by atoms with E-state index in [9.17, 15) is 9.18 Å². The Bertz CT molecular complexity index is 856. The van der Waals surface area contributed by atoms with Gasteiger partial charge in [0.05, 0.1) is 21.9 Å². The second-order valence-corrected chi connectivity index (χ2v) is 5.98. The number of carbonyl (C=O) groups excluding carboxylic acids is 1. The van der Waals surface area contributed by atoms with Crippen LogP contribution in [0.4, 0.5) is 10.1 Å². The minimum absolute atomic E-state index is 0.0290. The second kappa shape index (κ2) is 7.42. The molecule has 0 aliphatic heterocycles. The van der Waals surface area contributed by atoms with Crippen LogP contribution >= 0.6 is 22.9 Å². The van der Waals surface area contributed by atoms with Gasteiger partial charge >= 0.3 is 0 Å². The van der Waals surface area contributed by atoms with Crippen LogP contribution in [0.1, 0.15) is 16.1 Å². The molecule has 24 heavy (non-hydrogen) atoms. The van der Waals surface area contributed by atoms with Crippen molar-refractivity contribution in [1.82, 2.24) is 4.98 Å². The molecule has 3 rings (SSSR count). The molecule has 0 radical (unpaired) electrons. The first kappa shape index (κ1) is 16.4. The molecule has 0 fully saturated rings. The summed E-state index contributed by atoms with van der Waals surface area (Å²) in [7, 11) is 0. The van der Waals surface area contributed by atoms with E-state index in [1.807, 2.05) is 5.38 Å². The number of amides is 1. The van der Waals surface area contributed by atoms with Crippen molar-refractivity contribution in [1.29, 1.82) is 0 Å². The van der Waals surface area contributed by atoms with Crippen LogP contribution in [-0.2, 0) is 6.61 Å². The number of aromatic nitrogens is 1. The van der Waals surface area contributed by atoms with Gasteiger partial charge in [0.25, 0.3) is 5.91 Å². The summed E-state index contributed by atoms with van der Waals surface area (Å²) in [6.45, 7) is 0.317. The minimum atomic E-state index is -0.663. The van der Waals surface area contributed by atoms with Gasteiger partial charge in [-0.3, -0.25) is 4.79 Å². The highest BCUT2D eigenvalue weighted by molar-refractivity contribution is 7.07. The molecule has 0 saturated heterocycles. The van der Waals surface area contributed by atoms with Crippen LogP contribution in [0.25, 0.3) is 0 Å². The average Bonchev–Trinajstić information content (AvgIpc) is 3.11. The Morgan fingerprint density at radius 3 is 2.92 bits per heavy atom. The van der Waals surface area contributed by atoms with Gasteiger partial charge in [-0.2, -0.15) is 0 Å². The van der Waals surface area contributed by atoms with E-state index in [2.05, 4.69) is 10.3 Å². The lowest BCUT2D eigenvalue weighted by atomic mass is 10.2. The summed E-state index contributed by atoms with van der Waals surface area (Å²) in [5.74, 6) is -0.582. The Balaban J connectivity index is 1.71. The lowest BCUT2D eigenvalue weighted by Gasteiger charge is -2.09. The van der Waals surface area contributed by atoms with E-state index >= 15 is 0 Å². The van der Waals surface area contributed by atoms with Gasteiger partial charge in [-0.05, 0) is 30.3 Å². The average molecular weight is 363 g/mol. The molecule has 0 saturated carbocycles. The third-order valence-corrected chi connectivity index (χ3v) is 4.09. The van der Waals surface area contributed by atoms with Gasteiger partial charge in [0, 0.05) is 10.9 Å². The molecule has 122 valence electrons. The van der Waals surface area contributed by atoms with Gasteiger partial charge in [0.15, 0.2) is 5.82 Å². The largest absolute Gasteiger partial charge is 0.487 e. The number of hydrogen-bond acceptors (Lipinski definition) is 4. The lowest BCUT2D eigenvalue weighted by molar-refractivity contribution is 0.102. The van der Waals surface area contributed by atoms with Crippen LogP contribution in [0.5, 0.6) is 5.75 Å². The molecular formula is C17H12ClFN2O2S. The molecule has 3 aromatic rings. The van der Waals surface area contributed by atoms with Crippen molar-refractivity contribution in [3.8, 4) is 5.75 Å². The zero-order valence-electron chi connectivity index (χ0n) is 12.3. The summed E-state index contributed by atoms with van der Waals surface area (Å²) >= 11 is 7.19. The number of hydrogen-bond donors (Lipinski definition) is 1. The fourth-order valence-corrected chi connectivity index (χ4v) is 2.71. The van der Waals surface area contributed by atoms with Crippen LogP contribution in [0.15, 0.2) is 53.4 Å². The predicted octanol–water partition coefficient (Wildman–Crippen LogP) is 4.77. The van der Waals surface area contributed by atoms with E-state index in [-0.39, 0.29) is 10.7 Å². The number of nitrogens with one attached hydrogen (secondary N) is 1. The molecule has 1 N–H and O–H groups in total. The highest BCUT2D eigenvalue weighted by Gasteiger charge is 2.12. The van der Waals surface area contributed by atoms with Crippen LogP contribution in [0.3, 0.4) is 0 Å². The molecular weight excluding hydrogens is 351 g/mol. The summed E-state index contributed by atoms with van der Waals surface area (Å²) < 4.78 is 19.5. The van der Waals surface area contributed by atoms with Crippen molar-refractivity contribution < 1.29 is 13.9 Å². The minimum Gasteiger partial charge on any atom is -0.487 e. The van der Waals surface area contributed by atoms with Crippen molar-refractivity contribution in [2.45, 2.75) is 6.61 Å². The van der Waals surface area contributed by atoms with Crippen molar-refractivity contribution in [2.75, 3.05) is 5.32 Å². The molecule has 0 bridgehead atoms. The molecule has 2 aromatic carbocycles. The van der Waals surface area contributed by atoms with E-state index < -0.39 is 11.7 Å². The van der Waals surface area contributed by atoms with E-state index in [0.717, 1.165) is 5.69 Å². The van der Waals surface area contributed by atoms with E-state index in [1.54, 1.807) is 35.8 Å². The second-order valence-electron chi connectivity index (χ2n) is 4.85. The van der Waals surface area contributed by atoms with Gasteiger partial charge in [-0.1, -0.05) is 23.7 Å². The van der Waals surface area contributed by atoms with Gasteiger partial charge in [-0.25, -0.2) is 9.37 Å². The van der Waals surface area contributed by atoms with Crippen molar-refractivity contribution >= 4 is 34.5 Å². The first-order chi connectivity index (χ1) is 11.6. The molecule has 0 unspecified atom stereocenters. The molecule has 0 aliphatic rings. The number of rotatable bonds is 5. The Labute approximate surface area is 146 Å². The maximum atomic E-state index is 13.9. The molecule has 7 heteroatoms. The normalized spacial score (nSPS) is 10.4. The highest BCUT2D eigenvalue weighted by Crippen LogP contribution is 2.23. The number of halogens is 2. The number of thiazole rings is 1. The number of ether oxygens (including phenoxy) is 1. The summed E-state index contributed by atoms with van der Waals surface area (Å²) in [5, 5.41) is 4.34. The Morgan fingerprint density at radius 2 is 2.12 bits per heavy atom. The molecule has 1 aromatic heterocycles. The van der Waals surface area contributed by atoms with Crippen molar-refractivity contribution in [2.24, 2.45) is 0 Å². The van der Waals surface area contributed by atoms with Crippen molar-refractivity contribution in [3.63, 3.8) is 0 Å². The maximum Gasteiger partial charge on any atom is 0.255 e. The maximum absolute atomic E-state index is 13.9. The molecule has 1 heterocycles. The number of nitrogens with zero attached hydrogens (tertiary/aromatic N) is 1. The zero-order valence-corrected chi connectivity index (χ0v) is 13.9. The predicted molar refractivity (Wildman–Crippen MR) is 92.3 cm³/mol. The summed E-state index contributed by atoms with van der Waals surface area (Å²) in [6, 6.07) is 11.1. The lowest BCUT2D eigenvalue weighted by Crippen LogP contribution is -2.13. The summed E-state index contributed by atoms with van der Waals surface area (Å²) in [5.41, 5.74) is 2.92. The van der Waals surface area contributed by atoms with Gasteiger partial charge in [0.1, 0.15) is 12.4 Å². The molecule has 4 nitrogen and oxygen atoms in total. The van der Waals surface area contributed by atoms with Crippen LogP contribution < -0.4 is 10.1 Å². The van der Waals surface area contributed by atoms with E-state index in [0.29, 0.717) is 17.9 Å². The van der Waals surface area contributed by atoms with Crippen LogP contribution in [0.2, 0.25) is 5.02 Å². The first-order valence-corrected chi connectivity index (χ1v) is 8.31. The molecule has 0 atom stereocenters. The number of carbonyl (C=O) groups is 1. The van der Waals surface area contributed by atoms with Crippen LogP contribution in [0, 0.1) is 5.82 Å².